The van der Waals surface area contributed by atoms with E-state index in [1.165, 1.54) is 0 Å². The van der Waals surface area contributed by atoms with Crippen LogP contribution in [0.15, 0.2) is 176 Å². The maximum absolute atomic E-state index is 6.65. The van der Waals surface area contributed by atoms with Gasteiger partial charge in [-0.15, -0.1) is 0 Å². The van der Waals surface area contributed by atoms with E-state index in [0.29, 0.717) is 183 Å². The van der Waals surface area contributed by atoms with Gasteiger partial charge in [0, 0.05) is 145 Å². The molecular formula is C79H50B14O28. The van der Waals surface area contributed by atoms with Crippen molar-refractivity contribution in [3.8, 4) is 161 Å². The van der Waals surface area contributed by atoms with Crippen LogP contribution >= 0.6 is 0 Å². The smallest absolute Gasteiger partial charge is 0.523 e. The molecule has 121 heavy (non-hydrogen) atoms. The van der Waals surface area contributed by atoms with Gasteiger partial charge in [0.15, 0.2) is 0 Å². The zero-order valence-electron chi connectivity index (χ0n) is 64.8. The van der Waals surface area contributed by atoms with Crippen molar-refractivity contribution in [1.82, 2.24) is 0 Å². The Balaban J connectivity index is 0.401. The molecule has 0 radical (unpaired) electrons. The summed E-state index contributed by atoms with van der Waals surface area (Å²) in [6, 6.07) is 54.2. The standard InChI is InChI=1S/C79H50B14O28/c1-37-8-41(83-100-58-23-52-53(24-59(58)101-83)95-80(5)94-52)16-43(10-37)85-104-64-29-66-67(30-65(64)105-85)107-86(106-66)45-12-39(3)13-46(18-45)87-108-68-31-70-71(32-69(68)109-87)111-88(110-70)47-14-40(4)15-48(19-47)90-114-74-35-78-79(36-75(74)115-90)121-93(120-78)51-21-49(91-116-62-27-56-57(28-63(62)117-91)99-82(7)98-56)20-50(22-51)92-118-76-33-72-73(34-77(76)119-92)113-89(112-72)44-11-38(2)9-42(17-44)84-102-60-25-54-55(26-61(60)103-84)97-81(6)96-54/h8-36H,1-7H3. The number of benzene rings is 12. The first-order chi connectivity index (χ1) is 58.9. The second-order valence-electron chi connectivity index (χ2n) is 31.5. The Morgan fingerprint density at radius 3 is 0.298 bits per heavy atom. The molecule has 0 spiro atoms. The average Bonchev–Trinajstić information content (AvgIpc) is 1.60. The van der Waals surface area contributed by atoms with Gasteiger partial charge in [0.1, 0.15) is 161 Å². The number of hydrogen-bond acceptors (Lipinski definition) is 28. The number of fused-ring (bicyclic) bond motifs is 14. The molecule has 0 saturated heterocycles. The van der Waals surface area contributed by atoms with Crippen LogP contribution in [-0.2, 0) is 0 Å². The van der Waals surface area contributed by atoms with Gasteiger partial charge in [-0.3, -0.25) is 0 Å². The zero-order valence-corrected chi connectivity index (χ0v) is 64.8. The van der Waals surface area contributed by atoms with E-state index < -0.39 is 92.5 Å². The van der Waals surface area contributed by atoms with Gasteiger partial charge < -0.3 is 130 Å². The maximum atomic E-state index is 6.65. The van der Waals surface area contributed by atoms with Gasteiger partial charge in [-0.05, 0) is 48.2 Å². The van der Waals surface area contributed by atoms with Crippen molar-refractivity contribution in [3.05, 3.63) is 198 Å². The first-order valence-corrected chi connectivity index (χ1v) is 39.5. The molecule has 576 valence electrons. The third-order valence-electron chi connectivity index (χ3n) is 22.5. The van der Waals surface area contributed by atoms with Crippen LogP contribution in [0.3, 0.4) is 0 Å². The molecule has 14 heterocycles. The topological polar surface area (TPSA) is 258 Å². The summed E-state index contributed by atoms with van der Waals surface area (Å²) < 4.78 is 177. The maximum Gasteiger partial charge on any atom is 0.632 e. The van der Waals surface area contributed by atoms with Crippen molar-refractivity contribution in [3.63, 3.8) is 0 Å². The van der Waals surface area contributed by atoms with Crippen LogP contribution in [0.5, 0.6) is 161 Å². The van der Waals surface area contributed by atoms with Gasteiger partial charge in [0.05, 0.1) is 0 Å². The van der Waals surface area contributed by atoms with Gasteiger partial charge in [0.25, 0.3) is 0 Å². The molecule has 0 fully saturated rings. The van der Waals surface area contributed by atoms with Gasteiger partial charge in [-0.25, -0.2) is 0 Å². The monoisotopic (exact) mass is 1600 g/mol. The Bertz CT molecular complexity index is 6350. The Hall–Kier alpha value is -14.1. The second-order valence-corrected chi connectivity index (χ2v) is 31.5. The summed E-state index contributed by atoms with van der Waals surface area (Å²) in [6.07, 6.45) is 0. The molecule has 0 aromatic heterocycles. The highest BCUT2D eigenvalue weighted by Gasteiger charge is 2.51. The minimum Gasteiger partial charge on any atom is -0.523 e. The molecule has 0 aliphatic carbocycles. The molecule has 0 atom stereocenters. The lowest BCUT2D eigenvalue weighted by Gasteiger charge is -2.13. The lowest BCUT2D eigenvalue weighted by molar-refractivity contribution is 0.500. The van der Waals surface area contributed by atoms with Crippen LogP contribution in [0.4, 0.5) is 0 Å². The molecule has 0 saturated carbocycles. The largest absolute Gasteiger partial charge is 0.632 e. The van der Waals surface area contributed by atoms with E-state index in [9.17, 15) is 0 Å². The fourth-order valence-electron chi connectivity index (χ4n) is 17.3. The SMILES string of the molecule is CB1Oc2cc3c(cc2O1)OB(c1cc(C)cc(B2Oc4cc5c(cc4O2)OB(c2cc(C)cc(B4Oc6cc7c(cc6O4)OB(c4cc(C)cc(B6Oc8cc9c(cc8O6)OB(c6cc(B8Oc%10cc%11c(cc%10O8)OB(C)O%11)cc(B8Oc%10cc%11c(cc%10O8)OB(c8cc(C)cc(B%10Oc%12cc%13c(cc%12O%10)OB(C)O%13)c8)O%11)c6)O9)c4)O7)c2)O5)c1)O3. The van der Waals surface area contributed by atoms with Gasteiger partial charge >= 0.3 is 99.7 Å². The van der Waals surface area contributed by atoms with Gasteiger partial charge in [-0.1, -0.05) is 113 Å². The van der Waals surface area contributed by atoms with E-state index in [4.69, 9.17) is 130 Å². The molecule has 0 N–H and O–H groups in total. The van der Waals surface area contributed by atoms with Crippen LogP contribution in [0.25, 0.3) is 0 Å². The molecule has 12 aromatic carbocycles. The molecular weight excluding hydrogens is 1550 g/mol. The predicted molar refractivity (Wildman–Crippen MR) is 448 cm³/mol. The molecule has 0 amide bonds. The highest BCUT2D eigenvalue weighted by Crippen LogP contribution is 2.53. The van der Waals surface area contributed by atoms with Crippen molar-refractivity contribution in [2.45, 2.75) is 48.2 Å². The number of rotatable bonds is 11. The zero-order chi connectivity index (χ0) is 80.2. The van der Waals surface area contributed by atoms with Crippen molar-refractivity contribution < 1.29 is 130 Å². The van der Waals surface area contributed by atoms with Crippen LogP contribution < -0.4 is 190 Å². The summed E-state index contributed by atoms with van der Waals surface area (Å²) >= 11 is 0. The minimum absolute atomic E-state index is 0.384. The Labute approximate surface area is 693 Å². The molecule has 42 heteroatoms. The summed E-state index contributed by atoms with van der Waals surface area (Å²) in [5.41, 5.74) is 11.6. The van der Waals surface area contributed by atoms with Crippen molar-refractivity contribution in [2.24, 2.45) is 0 Å². The highest BCUT2D eigenvalue weighted by molar-refractivity contribution is 6.73. The highest BCUT2D eigenvalue weighted by atomic mass is 16.7. The third-order valence-corrected chi connectivity index (χ3v) is 22.5. The molecule has 14 aliphatic rings. The Kier molecular flexibility index (Phi) is 14.5. The van der Waals surface area contributed by atoms with Gasteiger partial charge in [0.2, 0.25) is 0 Å². The Morgan fingerprint density at radius 1 is 0.116 bits per heavy atom. The van der Waals surface area contributed by atoms with E-state index in [1.54, 1.807) is 84.9 Å². The minimum atomic E-state index is -0.973. The fraction of sp³-hybridized carbons (Fsp3) is 0.0886. The van der Waals surface area contributed by atoms with E-state index >= 15 is 0 Å². The third kappa shape index (κ3) is 11.6. The quantitative estimate of drug-likeness (QED) is 0.162. The van der Waals surface area contributed by atoms with Crippen LogP contribution in [0.1, 0.15) is 22.3 Å². The molecule has 14 aliphatic heterocycles. The lowest BCUT2D eigenvalue weighted by Crippen LogP contribution is -2.51. The van der Waals surface area contributed by atoms with Crippen molar-refractivity contribution in [2.75, 3.05) is 0 Å². The van der Waals surface area contributed by atoms with E-state index in [-0.39, 0.29) is 7.12 Å². The van der Waals surface area contributed by atoms with E-state index in [2.05, 4.69) is 0 Å². The van der Waals surface area contributed by atoms with E-state index in [1.807, 2.05) is 139 Å². The number of aryl methyl sites for hydroxylation is 4. The van der Waals surface area contributed by atoms with Crippen LogP contribution in [0.2, 0.25) is 20.5 Å². The van der Waals surface area contributed by atoms with Crippen LogP contribution in [-0.4, -0.2) is 99.7 Å². The average molecular weight is 1600 g/mol. The first-order valence-electron chi connectivity index (χ1n) is 39.5. The normalized spacial score (nSPS) is 16.4. The summed E-state index contributed by atoms with van der Waals surface area (Å²) in [4.78, 5) is 0. The predicted octanol–water partition coefficient (Wildman–Crippen LogP) is 4.42. The molecule has 0 unspecified atom stereocenters. The summed E-state index contributed by atoms with van der Waals surface area (Å²) in [5.74, 6) is 14.2. The summed E-state index contributed by atoms with van der Waals surface area (Å²) in [7, 11) is -10.4. The molecule has 12 aromatic rings. The Morgan fingerprint density at radius 2 is 0.198 bits per heavy atom. The lowest BCUT2D eigenvalue weighted by atomic mass is 9.66. The summed E-state index contributed by atoms with van der Waals surface area (Å²) in [6.45, 7) is 13.4. The number of hydrogen-bond donors (Lipinski definition) is 0. The van der Waals surface area contributed by atoms with Gasteiger partial charge in [-0.2, -0.15) is 0 Å². The first kappa shape index (κ1) is 69.0. The molecule has 0 bridgehead atoms. The van der Waals surface area contributed by atoms with Crippen LogP contribution in [0, 0.1) is 27.7 Å². The molecule has 26 rings (SSSR count). The van der Waals surface area contributed by atoms with Crippen molar-refractivity contribution >= 4 is 160 Å². The second kappa shape index (κ2) is 25.5. The molecule has 28 nitrogen and oxygen atoms in total. The summed E-state index contributed by atoms with van der Waals surface area (Å²) in [5, 5.41) is 0. The van der Waals surface area contributed by atoms with Crippen molar-refractivity contribution in [1.29, 1.82) is 0 Å². The fourth-order valence-corrected chi connectivity index (χ4v) is 17.3. The van der Waals surface area contributed by atoms with E-state index in [0.717, 1.165) is 60.5 Å².